The summed E-state index contributed by atoms with van der Waals surface area (Å²) in [6.07, 6.45) is 1.69. The lowest BCUT2D eigenvalue weighted by Crippen LogP contribution is -2.10. The second-order valence-electron chi connectivity index (χ2n) is 11.5. The third-order valence-electron chi connectivity index (χ3n) is 8.17. The SMILES string of the molecule is c1ccc(C[C@H]2COC(c3ccccc3OCc3ccccc3COc3ccccc3C3=N[C@@H](Cc4ccccc4)CO3)=N2)cc1. The van der Waals surface area contributed by atoms with Crippen LogP contribution in [0.1, 0.15) is 33.4 Å². The van der Waals surface area contributed by atoms with Crippen LogP contribution in [-0.4, -0.2) is 37.1 Å². The van der Waals surface area contributed by atoms with Gasteiger partial charge in [-0.3, -0.25) is 0 Å². The highest BCUT2D eigenvalue weighted by molar-refractivity contribution is 5.98. The predicted molar refractivity (Wildman–Crippen MR) is 181 cm³/mol. The summed E-state index contributed by atoms with van der Waals surface area (Å²) in [4.78, 5) is 9.78. The number of nitrogens with zero attached hydrogens (tertiary/aromatic N) is 2. The third-order valence-corrected chi connectivity index (χ3v) is 8.17. The second kappa shape index (κ2) is 14.2. The molecule has 2 aliphatic heterocycles. The first-order chi connectivity index (χ1) is 22.8. The molecule has 2 heterocycles. The van der Waals surface area contributed by atoms with Crippen molar-refractivity contribution in [3.8, 4) is 11.5 Å². The van der Waals surface area contributed by atoms with E-state index in [1.54, 1.807) is 0 Å². The van der Waals surface area contributed by atoms with Crippen molar-refractivity contribution < 1.29 is 18.9 Å². The quantitative estimate of drug-likeness (QED) is 0.146. The zero-order valence-corrected chi connectivity index (χ0v) is 25.6. The van der Waals surface area contributed by atoms with Gasteiger partial charge in [0.2, 0.25) is 11.8 Å². The minimum atomic E-state index is 0.0848. The number of para-hydroxylation sites is 2. The highest BCUT2D eigenvalue weighted by Gasteiger charge is 2.24. The number of hydrogen-bond donors (Lipinski definition) is 0. The van der Waals surface area contributed by atoms with Crippen LogP contribution in [0.3, 0.4) is 0 Å². The molecule has 0 unspecified atom stereocenters. The molecule has 0 saturated heterocycles. The maximum absolute atomic E-state index is 6.39. The molecule has 5 aromatic rings. The fraction of sp³-hybridized carbons (Fsp3) is 0.200. The number of rotatable bonds is 12. The van der Waals surface area contributed by atoms with Gasteiger partial charge in [-0.1, -0.05) is 109 Å². The standard InChI is InChI=1S/C40H36N2O4/c1-3-13-29(14-4-1)23-33-27-45-39(41-33)35-19-9-11-21-37(35)43-25-31-17-7-8-18-32(31)26-44-38-22-12-10-20-36(38)40-42-34(28-46-40)24-30-15-5-2-6-16-30/h1-22,33-34H,23-28H2/t33-,34-/m0/s1. The molecule has 2 aliphatic rings. The average molecular weight is 609 g/mol. The zero-order chi connectivity index (χ0) is 31.0. The fourth-order valence-corrected chi connectivity index (χ4v) is 5.80. The molecule has 0 aromatic heterocycles. The molecule has 0 aliphatic carbocycles. The Balaban J connectivity index is 1.01. The van der Waals surface area contributed by atoms with Gasteiger partial charge in [0.15, 0.2) is 0 Å². The molecule has 230 valence electrons. The predicted octanol–water partition coefficient (Wildman–Crippen LogP) is 7.62. The molecule has 0 saturated carbocycles. The smallest absolute Gasteiger partial charge is 0.220 e. The van der Waals surface area contributed by atoms with Crippen LogP contribution in [0.4, 0.5) is 0 Å². The van der Waals surface area contributed by atoms with Crippen LogP contribution in [0.25, 0.3) is 0 Å². The molecule has 0 fully saturated rings. The van der Waals surface area contributed by atoms with Crippen LogP contribution >= 0.6 is 0 Å². The zero-order valence-electron chi connectivity index (χ0n) is 25.6. The van der Waals surface area contributed by atoms with E-state index in [0.29, 0.717) is 38.2 Å². The van der Waals surface area contributed by atoms with Crippen LogP contribution in [0.15, 0.2) is 143 Å². The van der Waals surface area contributed by atoms with Crippen molar-refractivity contribution >= 4 is 11.8 Å². The van der Waals surface area contributed by atoms with E-state index >= 15 is 0 Å². The van der Waals surface area contributed by atoms with Crippen molar-refractivity contribution in [1.29, 1.82) is 0 Å². The van der Waals surface area contributed by atoms with Gasteiger partial charge in [-0.05, 0) is 59.4 Å². The van der Waals surface area contributed by atoms with E-state index in [9.17, 15) is 0 Å². The van der Waals surface area contributed by atoms with Gasteiger partial charge in [0.25, 0.3) is 0 Å². The summed E-state index contributed by atoms with van der Waals surface area (Å²) in [5.74, 6) is 2.74. The minimum Gasteiger partial charge on any atom is -0.488 e. The van der Waals surface area contributed by atoms with Gasteiger partial charge in [-0.25, -0.2) is 9.98 Å². The summed E-state index contributed by atoms with van der Waals surface area (Å²) in [5, 5.41) is 0. The minimum absolute atomic E-state index is 0.0848. The van der Waals surface area contributed by atoms with E-state index in [2.05, 4.69) is 60.7 Å². The van der Waals surface area contributed by atoms with E-state index in [4.69, 9.17) is 28.9 Å². The van der Waals surface area contributed by atoms with E-state index in [1.165, 1.54) is 11.1 Å². The van der Waals surface area contributed by atoms with Crippen molar-refractivity contribution in [2.75, 3.05) is 13.2 Å². The van der Waals surface area contributed by atoms with Gasteiger partial charge in [0.1, 0.15) is 37.9 Å². The molecule has 0 N–H and O–H groups in total. The Hall–Kier alpha value is -5.36. The lowest BCUT2D eigenvalue weighted by Gasteiger charge is -2.15. The Morgan fingerprint density at radius 2 is 0.870 bits per heavy atom. The fourth-order valence-electron chi connectivity index (χ4n) is 5.80. The van der Waals surface area contributed by atoms with Crippen molar-refractivity contribution in [3.05, 3.63) is 167 Å². The molecule has 6 nitrogen and oxygen atoms in total. The molecular weight excluding hydrogens is 572 g/mol. The molecule has 46 heavy (non-hydrogen) atoms. The molecular formula is C40H36N2O4. The number of ether oxygens (including phenoxy) is 4. The molecule has 0 bridgehead atoms. The van der Waals surface area contributed by atoms with Crippen LogP contribution in [0.2, 0.25) is 0 Å². The van der Waals surface area contributed by atoms with Crippen LogP contribution in [0.5, 0.6) is 11.5 Å². The van der Waals surface area contributed by atoms with Crippen molar-refractivity contribution in [3.63, 3.8) is 0 Å². The largest absolute Gasteiger partial charge is 0.488 e. The van der Waals surface area contributed by atoms with E-state index < -0.39 is 0 Å². The van der Waals surface area contributed by atoms with Crippen molar-refractivity contribution in [2.45, 2.75) is 38.1 Å². The summed E-state index contributed by atoms with van der Waals surface area (Å²) in [6.45, 7) is 1.89. The summed E-state index contributed by atoms with van der Waals surface area (Å²) in [5.41, 5.74) is 6.32. The maximum atomic E-state index is 6.39. The lowest BCUT2D eigenvalue weighted by atomic mass is 10.1. The number of aliphatic imine (C=N–C) groups is 2. The van der Waals surface area contributed by atoms with Gasteiger partial charge >= 0.3 is 0 Å². The highest BCUT2D eigenvalue weighted by Crippen LogP contribution is 2.27. The summed E-state index contributed by atoms with van der Waals surface area (Å²) >= 11 is 0. The molecule has 7 rings (SSSR count). The maximum Gasteiger partial charge on any atom is 0.220 e. The van der Waals surface area contributed by atoms with Crippen LogP contribution in [-0.2, 0) is 35.5 Å². The molecule has 6 heteroatoms. The summed E-state index contributed by atoms with van der Waals surface area (Å²) < 4.78 is 24.9. The summed E-state index contributed by atoms with van der Waals surface area (Å²) in [7, 11) is 0. The van der Waals surface area contributed by atoms with Gasteiger partial charge < -0.3 is 18.9 Å². The molecule has 0 spiro atoms. The van der Waals surface area contributed by atoms with Gasteiger partial charge in [-0.2, -0.15) is 0 Å². The Kier molecular flexibility index (Phi) is 9.04. The average Bonchev–Trinajstić information content (AvgIpc) is 3.78. The Labute approximate surface area is 270 Å². The van der Waals surface area contributed by atoms with Gasteiger partial charge in [0.05, 0.1) is 23.2 Å². The Bertz CT molecular complexity index is 1690. The number of hydrogen-bond acceptors (Lipinski definition) is 6. The van der Waals surface area contributed by atoms with Crippen LogP contribution in [0, 0.1) is 0 Å². The topological polar surface area (TPSA) is 61.6 Å². The van der Waals surface area contributed by atoms with Gasteiger partial charge in [-0.15, -0.1) is 0 Å². The number of benzene rings is 5. The van der Waals surface area contributed by atoms with Crippen molar-refractivity contribution in [1.82, 2.24) is 0 Å². The second-order valence-corrected chi connectivity index (χ2v) is 11.5. The van der Waals surface area contributed by atoms with Gasteiger partial charge in [0, 0.05) is 0 Å². The van der Waals surface area contributed by atoms with E-state index in [1.807, 2.05) is 72.8 Å². The van der Waals surface area contributed by atoms with E-state index in [-0.39, 0.29) is 12.1 Å². The molecule has 0 radical (unpaired) electrons. The first-order valence-corrected chi connectivity index (χ1v) is 15.8. The first-order valence-electron chi connectivity index (χ1n) is 15.8. The Morgan fingerprint density at radius 1 is 0.478 bits per heavy atom. The molecule has 2 atom stereocenters. The first kappa shape index (κ1) is 29.4. The van der Waals surface area contributed by atoms with Crippen LogP contribution < -0.4 is 9.47 Å². The summed E-state index contributed by atoms with van der Waals surface area (Å²) in [6, 6.07) is 45.0. The Morgan fingerprint density at radius 3 is 1.33 bits per heavy atom. The molecule has 5 aromatic carbocycles. The normalized spacial score (nSPS) is 17.0. The highest BCUT2D eigenvalue weighted by atomic mass is 16.5. The lowest BCUT2D eigenvalue weighted by molar-refractivity contribution is 0.280. The van der Waals surface area contributed by atoms with Crippen molar-refractivity contribution in [2.24, 2.45) is 9.98 Å². The third kappa shape index (κ3) is 7.13. The van der Waals surface area contributed by atoms with E-state index in [0.717, 1.165) is 46.6 Å². The monoisotopic (exact) mass is 608 g/mol. The molecule has 0 amide bonds.